The van der Waals surface area contributed by atoms with Crippen molar-refractivity contribution in [3.8, 4) is 11.5 Å². The molecule has 0 aliphatic heterocycles. The Morgan fingerprint density at radius 2 is 1.77 bits per heavy atom. The molecule has 0 aromatic heterocycles. The molecule has 0 fully saturated rings. The molecule has 0 saturated carbocycles. The number of nitrogens with two attached hydrogens (primary N) is 1. The van der Waals surface area contributed by atoms with Gasteiger partial charge in [-0.2, -0.15) is 0 Å². The van der Waals surface area contributed by atoms with Crippen LogP contribution in [0, 0.1) is 13.8 Å². The summed E-state index contributed by atoms with van der Waals surface area (Å²) in [5.41, 5.74) is 8.78. The zero-order chi connectivity index (χ0) is 16.1. The molecule has 0 heterocycles. The van der Waals surface area contributed by atoms with Gasteiger partial charge in [-0.3, -0.25) is 0 Å². The molecule has 116 valence electrons. The lowest BCUT2D eigenvalue weighted by Gasteiger charge is -2.12. The molecule has 0 amide bonds. The number of aryl methyl sites for hydroxylation is 1. The van der Waals surface area contributed by atoms with Crippen LogP contribution in [0.5, 0.6) is 11.5 Å². The van der Waals surface area contributed by atoms with Gasteiger partial charge in [0, 0.05) is 5.56 Å². The van der Waals surface area contributed by atoms with Gasteiger partial charge < -0.3 is 15.2 Å². The van der Waals surface area contributed by atoms with E-state index in [1.165, 1.54) is 5.56 Å². The standard InChI is InChI=1S/C17H18BrNO2S/c1-11-4-3-5-15(12(11)2)20-8-9-21-16-7-6-13(17(19)22)10-14(16)18/h3-7,10H,8-9H2,1-2H3,(H2,19,22). The minimum atomic E-state index is 0.366. The molecule has 0 spiro atoms. The highest BCUT2D eigenvalue weighted by atomic mass is 79.9. The van der Waals surface area contributed by atoms with Crippen LogP contribution in [-0.2, 0) is 0 Å². The Balaban J connectivity index is 1.89. The third-order valence-corrected chi connectivity index (χ3v) is 4.23. The number of hydrogen-bond acceptors (Lipinski definition) is 3. The third-order valence-electron chi connectivity index (χ3n) is 3.37. The molecule has 2 N–H and O–H groups in total. The van der Waals surface area contributed by atoms with Crippen LogP contribution in [0.1, 0.15) is 16.7 Å². The van der Waals surface area contributed by atoms with Gasteiger partial charge in [-0.05, 0) is 65.2 Å². The molecule has 0 radical (unpaired) electrons. The van der Waals surface area contributed by atoms with Crippen LogP contribution in [-0.4, -0.2) is 18.2 Å². The van der Waals surface area contributed by atoms with Crippen LogP contribution in [0.15, 0.2) is 40.9 Å². The lowest BCUT2D eigenvalue weighted by atomic mass is 10.1. The summed E-state index contributed by atoms with van der Waals surface area (Å²) < 4.78 is 12.3. The van der Waals surface area contributed by atoms with Gasteiger partial charge in [-0.15, -0.1) is 0 Å². The summed E-state index contributed by atoms with van der Waals surface area (Å²) in [4.78, 5) is 0.366. The molecule has 2 aromatic rings. The number of rotatable bonds is 6. The molecule has 3 nitrogen and oxygen atoms in total. The van der Waals surface area contributed by atoms with E-state index in [-0.39, 0.29) is 0 Å². The molecule has 0 aliphatic rings. The van der Waals surface area contributed by atoms with Crippen molar-refractivity contribution in [1.82, 2.24) is 0 Å². The van der Waals surface area contributed by atoms with Crippen molar-refractivity contribution in [1.29, 1.82) is 0 Å². The van der Waals surface area contributed by atoms with Crippen LogP contribution >= 0.6 is 28.1 Å². The second-order valence-corrected chi connectivity index (χ2v) is 6.20. The molecular weight excluding hydrogens is 362 g/mol. The predicted octanol–water partition coefficient (Wildman–Crippen LogP) is 4.16. The second-order valence-electron chi connectivity index (χ2n) is 4.90. The van der Waals surface area contributed by atoms with E-state index < -0.39 is 0 Å². The fourth-order valence-electron chi connectivity index (χ4n) is 1.95. The summed E-state index contributed by atoms with van der Waals surface area (Å²) in [6, 6.07) is 11.6. The van der Waals surface area contributed by atoms with Gasteiger partial charge in [-0.25, -0.2) is 0 Å². The number of benzene rings is 2. The maximum atomic E-state index is 5.76. The minimum Gasteiger partial charge on any atom is -0.490 e. The average Bonchev–Trinajstić information content (AvgIpc) is 2.48. The van der Waals surface area contributed by atoms with E-state index in [2.05, 4.69) is 35.8 Å². The van der Waals surface area contributed by atoms with Gasteiger partial charge in [0.15, 0.2) is 0 Å². The SMILES string of the molecule is Cc1cccc(OCCOc2ccc(C(N)=S)cc2Br)c1C. The van der Waals surface area contributed by atoms with E-state index >= 15 is 0 Å². The maximum absolute atomic E-state index is 5.76. The van der Waals surface area contributed by atoms with Gasteiger partial charge in [0.25, 0.3) is 0 Å². The Morgan fingerprint density at radius 3 is 2.41 bits per heavy atom. The topological polar surface area (TPSA) is 44.5 Å². The molecule has 0 atom stereocenters. The van der Waals surface area contributed by atoms with Crippen LogP contribution in [0.4, 0.5) is 0 Å². The first-order valence-electron chi connectivity index (χ1n) is 6.90. The lowest BCUT2D eigenvalue weighted by molar-refractivity contribution is 0.215. The highest BCUT2D eigenvalue weighted by Gasteiger charge is 2.05. The Morgan fingerprint density at radius 1 is 1.09 bits per heavy atom. The molecular formula is C17H18BrNO2S. The number of thiocarbonyl (C=S) groups is 1. The monoisotopic (exact) mass is 379 g/mol. The summed E-state index contributed by atoms with van der Waals surface area (Å²) in [7, 11) is 0. The van der Waals surface area contributed by atoms with Crippen molar-refractivity contribution in [3.63, 3.8) is 0 Å². The van der Waals surface area contributed by atoms with Crippen molar-refractivity contribution < 1.29 is 9.47 Å². The van der Waals surface area contributed by atoms with E-state index in [1.807, 2.05) is 30.3 Å². The van der Waals surface area contributed by atoms with Crippen molar-refractivity contribution in [3.05, 3.63) is 57.6 Å². The van der Waals surface area contributed by atoms with Crippen molar-refractivity contribution in [2.45, 2.75) is 13.8 Å². The van der Waals surface area contributed by atoms with Gasteiger partial charge in [0.1, 0.15) is 29.7 Å². The van der Waals surface area contributed by atoms with Gasteiger partial charge in [-0.1, -0.05) is 24.4 Å². The van der Waals surface area contributed by atoms with Crippen LogP contribution < -0.4 is 15.2 Å². The van der Waals surface area contributed by atoms with Crippen molar-refractivity contribution in [2.24, 2.45) is 5.73 Å². The van der Waals surface area contributed by atoms with Gasteiger partial charge >= 0.3 is 0 Å². The molecule has 5 heteroatoms. The minimum absolute atomic E-state index is 0.366. The second kappa shape index (κ2) is 7.61. The van der Waals surface area contributed by atoms with E-state index in [0.717, 1.165) is 27.1 Å². The number of ether oxygens (including phenoxy) is 2. The first-order chi connectivity index (χ1) is 10.5. The first kappa shape index (κ1) is 16.8. The Kier molecular flexibility index (Phi) is 5.80. The van der Waals surface area contributed by atoms with Crippen LogP contribution in [0.25, 0.3) is 0 Å². The molecule has 22 heavy (non-hydrogen) atoms. The molecule has 0 bridgehead atoms. The molecule has 2 aromatic carbocycles. The van der Waals surface area contributed by atoms with E-state index in [9.17, 15) is 0 Å². The quantitative estimate of drug-likeness (QED) is 0.604. The first-order valence-corrected chi connectivity index (χ1v) is 8.10. The molecule has 0 aliphatic carbocycles. The maximum Gasteiger partial charge on any atom is 0.133 e. The smallest absolute Gasteiger partial charge is 0.133 e. The number of hydrogen-bond donors (Lipinski definition) is 1. The zero-order valence-electron chi connectivity index (χ0n) is 12.6. The zero-order valence-corrected chi connectivity index (χ0v) is 15.0. The fourth-order valence-corrected chi connectivity index (χ4v) is 2.58. The molecule has 0 unspecified atom stereocenters. The normalized spacial score (nSPS) is 10.3. The molecule has 0 saturated heterocycles. The van der Waals surface area contributed by atoms with Gasteiger partial charge in [0.2, 0.25) is 0 Å². The summed E-state index contributed by atoms with van der Waals surface area (Å²) in [5, 5.41) is 0. The third kappa shape index (κ3) is 4.21. The predicted molar refractivity (Wildman–Crippen MR) is 96.9 cm³/mol. The highest BCUT2D eigenvalue weighted by molar-refractivity contribution is 9.10. The molecule has 2 rings (SSSR count). The summed E-state index contributed by atoms with van der Waals surface area (Å²) in [6.45, 7) is 5.06. The average molecular weight is 380 g/mol. The largest absolute Gasteiger partial charge is 0.490 e. The van der Waals surface area contributed by atoms with E-state index in [4.69, 9.17) is 27.4 Å². The van der Waals surface area contributed by atoms with Crippen molar-refractivity contribution in [2.75, 3.05) is 13.2 Å². The Labute approximate surface area is 144 Å². The van der Waals surface area contributed by atoms with Crippen molar-refractivity contribution >= 4 is 33.1 Å². The Bertz CT molecular complexity index is 688. The fraction of sp³-hybridized carbons (Fsp3) is 0.235. The number of halogens is 1. The highest BCUT2D eigenvalue weighted by Crippen LogP contribution is 2.26. The van der Waals surface area contributed by atoms with E-state index in [1.54, 1.807) is 0 Å². The van der Waals surface area contributed by atoms with E-state index in [0.29, 0.717) is 18.2 Å². The van der Waals surface area contributed by atoms with Gasteiger partial charge in [0.05, 0.1) is 4.47 Å². The summed E-state index contributed by atoms with van der Waals surface area (Å²) >= 11 is 8.40. The Hall–Kier alpha value is -1.59. The lowest BCUT2D eigenvalue weighted by Crippen LogP contribution is -2.11. The van der Waals surface area contributed by atoms with Crippen LogP contribution in [0.3, 0.4) is 0 Å². The van der Waals surface area contributed by atoms with Crippen LogP contribution in [0.2, 0.25) is 0 Å². The summed E-state index contributed by atoms with van der Waals surface area (Å²) in [5.74, 6) is 1.64. The summed E-state index contributed by atoms with van der Waals surface area (Å²) in [6.07, 6.45) is 0.